The molecule has 0 amide bonds. The second-order valence-corrected chi connectivity index (χ2v) is 9.23. The Morgan fingerprint density at radius 1 is 1.10 bits per heavy atom. The molecule has 1 atom stereocenters. The van der Waals surface area contributed by atoms with Crippen molar-refractivity contribution < 1.29 is 4.79 Å². The number of carbonyl (C=O) groups excluding carboxylic acids is 1. The zero-order valence-electron chi connectivity index (χ0n) is 16.4. The van der Waals surface area contributed by atoms with Gasteiger partial charge in [0, 0.05) is 4.88 Å². The minimum Gasteiger partial charge on any atom is -0.299 e. The number of thioether (sulfide) groups is 1. The molecule has 0 saturated heterocycles. The fourth-order valence-electron chi connectivity index (χ4n) is 3.05. The lowest BCUT2D eigenvalue weighted by molar-refractivity contribution is -0.116. The third-order valence-corrected chi connectivity index (χ3v) is 7.05. The maximum absolute atomic E-state index is 13.5. The normalized spacial score (nSPS) is 12.2. The molecule has 0 aliphatic heterocycles. The molecule has 29 heavy (non-hydrogen) atoms. The summed E-state index contributed by atoms with van der Waals surface area (Å²) in [5.41, 5.74) is 2.72. The first kappa shape index (κ1) is 19.6. The first-order chi connectivity index (χ1) is 14.0. The Labute approximate surface area is 177 Å². The highest BCUT2D eigenvalue weighted by atomic mass is 32.2. The van der Waals surface area contributed by atoms with Gasteiger partial charge in [-0.1, -0.05) is 60.3 Å². The predicted octanol–water partition coefficient (Wildman–Crippen LogP) is 5.49. The predicted molar refractivity (Wildman–Crippen MR) is 121 cm³/mol. The van der Waals surface area contributed by atoms with Crippen molar-refractivity contribution in [2.45, 2.75) is 31.2 Å². The van der Waals surface area contributed by atoms with Crippen LogP contribution in [-0.2, 0) is 4.79 Å². The maximum atomic E-state index is 13.5. The number of benzene rings is 2. The molecule has 4 aromatic rings. The third kappa shape index (κ3) is 3.78. The highest BCUT2D eigenvalue weighted by Gasteiger charge is 2.20. The van der Waals surface area contributed by atoms with Gasteiger partial charge in [0.05, 0.1) is 16.3 Å². The van der Waals surface area contributed by atoms with Gasteiger partial charge in [-0.25, -0.2) is 4.98 Å². The molecule has 2 aromatic heterocycles. The van der Waals surface area contributed by atoms with E-state index in [1.807, 2.05) is 74.5 Å². The van der Waals surface area contributed by atoms with E-state index in [0.717, 1.165) is 21.7 Å². The molecule has 0 spiro atoms. The van der Waals surface area contributed by atoms with Gasteiger partial charge in [0.25, 0.3) is 5.56 Å². The zero-order valence-corrected chi connectivity index (χ0v) is 18.0. The third-order valence-electron chi connectivity index (χ3n) is 4.80. The Morgan fingerprint density at radius 2 is 1.79 bits per heavy atom. The molecule has 1 unspecified atom stereocenters. The van der Waals surface area contributed by atoms with E-state index in [-0.39, 0.29) is 16.6 Å². The molecule has 4 nitrogen and oxygen atoms in total. The Balaban J connectivity index is 1.98. The van der Waals surface area contributed by atoms with Gasteiger partial charge in [-0.2, -0.15) is 0 Å². The van der Waals surface area contributed by atoms with Crippen LogP contribution in [0.15, 0.2) is 70.6 Å². The van der Waals surface area contributed by atoms with E-state index >= 15 is 0 Å². The SMILES string of the molecule is CC(=O)C(C)Sc1nc2sc(-c3ccccc3)cc2c(=O)n1-c1ccccc1C. The van der Waals surface area contributed by atoms with Crippen molar-refractivity contribution in [2.75, 3.05) is 0 Å². The molecule has 2 aromatic carbocycles. The standard InChI is InChI=1S/C23H20N2O2S2/c1-14-9-7-8-12-19(14)25-22(27)18-13-20(17-10-5-4-6-11-17)29-21(18)24-23(25)28-16(3)15(2)26/h4-13,16H,1-3H3. The van der Waals surface area contributed by atoms with Gasteiger partial charge >= 0.3 is 0 Å². The molecule has 0 aliphatic carbocycles. The van der Waals surface area contributed by atoms with Crippen molar-refractivity contribution in [1.29, 1.82) is 0 Å². The van der Waals surface area contributed by atoms with Crippen molar-refractivity contribution in [1.82, 2.24) is 9.55 Å². The minimum atomic E-state index is -0.289. The van der Waals surface area contributed by atoms with Crippen LogP contribution in [0.25, 0.3) is 26.3 Å². The van der Waals surface area contributed by atoms with Crippen LogP contribution >= 0.6 is 23.1 Å². The number of nitrogens with zero attached hydrogens (tertiary/aromatic N) is 2. The summed E-state index contributed by atoms with van der Waals surface area (Å²) in [5.74, 6) is 0.0526. The second kappa shape index (κ2) is 7.97. The Hall–Kier alpha value is -2.70. The Kier molecular flexibility index (Phi) is 5.39. The largest absolute Gasteiger partial charge is 0.299 e. The highest BCUT2D eigenvalue weighted by Crippen LogP contribution is 2.33. The second-order valence-electron chi connectivity index (χ2n) is 6.89. The zero-order chi connectivity index (χ0) is 20.5. The fourth-order valence-corrected chi connectivity index (χ4v) is 5.05. The highest BCUT2D eigenvalue weighted by molar-refractivity contribution is 8.00. The molecule has 0 aliphatic rings. The molecule has 0 radical (unpaired) electrons. The quantitative estimate of drug-likeness (QED) is 0.316. The van der Waals surface area contributed by atoms with E-state index in [4.69, 9.17) is 4.98 Å². The van der Waals surface area contributed by atoms with E-state index in [0.29, 0.717) is 15.4 Å². The molecule has 0 fully saturated rings. The Bertz CT molecular complexity index is 1260. The van der Waals surface area contributed by atoms with E-state index in [1.165, 1.54) is 23.1 Å². The van der Waals surface area contributed by atoms with E-state index in [2.05, 4.69) is 0 Å². The van der Waals surface area contributed by atoms with Gasteiger partial charge in [-0.05, 0) is 44.0 Å². The summed E-state index contributed by atoms with van der Waals surface area (Å²) < 4.78 is 1.64. The van der Waals surface area contributed by atoms with E-state index < -0.39 is 0 Å². The number of fused-ring (bicyclic) bond motifs is 1. The van der Waals surface area contributed by atoms with Crippen molar-refractivity contribution in [2.24, 2.45) is 0 Å². The summed E-state index contributed by atoms with van der Waals surface area (Å²) in [5, 5.41) is 0.848. The van der Waals surface area contributed by atoms with E-state index in [9.17, 15) is 9.59 Å². The molecule has 6 heteroatoms. The average molecular weight is 421 g/mol. The number of ketones is 1. The monoisotopic (exact) mass is 420 g/mol. The van der Waals surface area contributed by atoms with Crippen molar-refractivity contribution in [3.8, 4) is 16.1 Å². The first-order valence-electron chi connectivity index (χ1n) is 9.31. The lowest BCUT2D eigenvalue weighted by atomic mass is 10.2. The molecule has 0 bridgehead atoms. The van der Waals surface area contributed by atoms with Crippen LogP contribution < -0.4 is 5.56 Å². The van der Waals surface area contributed by atoms with Gasteiger partial charge in [0.15, 0.2) is 5.16 Å². The van der Waals surface area contributed by atoms with Crippen LogP contribution in [0.4, 0.5) is 0 Å². The summed E-state index contributed by atoms with van der Waals surface area (Å²) in [6, 6.07) is 19.6. The summed E-state index contributed by atoms with van der Waals surface area (Å²) in [6.45, 7) is 5.37. The minimum absolute atomic E-state index is 0.0526. The van der Waals surface area contributed by atoms with Crippen LogP contribution in [0, 0.1) is 6.92 Å². The lowest BCUT2D eigenvalue weighted by Crippen LogP contribution is -2.23. The van der Waals surface area contributed by atoms with Crippen LogP contribution in [0.1, 0.15) is 19.4 Å². The number of thiophene rings is 1. The summed E-state index contributed by atoms with van der Waals surface area (Å²) in [4.78, 5) is 31.9. The number of para-hydroxylation sites is 1. The number of hydrogen-bond acceptors (Lipinski definition) is 5. The van der Waals surface area contributed by atoms with Gasteiger partial charge in [-0.15, -0.1) is 11.3 Å². The van der Waals surface area contributed by atoms with E-state index in [1.54, 1.807) is 11.5 Å². The number of rotatable bonds is 5. The molecule has 2 heterocycles. The average Bonchev–Trinajstić information content (AvgIpc) is 3.14. The van der Waals surface area contributed by atoms with Gasteiger partial charge in [0.1, 0.15) is 10.6 Å². The summed E-state index contributed by atoms with van der Waals surface area (Å²) in [7, 11) is 0. The van der Waals surface area contributed by atoms with Crippen molar-refractivity contribution >= 4 is 39.1 Å². The van der Waals surface area contributed by atoms with Crippen LogP contribution in [0.2, 0.25) is 0 Å². The number of aromatic nitrogens is 2. The van der Waals surface area contributed by atoms with Crippen molar-refractivity contribution in [3.05, 3.63) is 76.6 Å². The molecule has 0 saturated carbocycles. The molecule has 4 rings (SSSR count). The van der Waals surface area contributed by atoms with Gasteiger partial charge in [0.2, 0.25) is 0 Å². The smallest absolute Gasteiger partial charge is 0.267 e. The lowest BCUT2D eigenvalue weighted by Gasteiger charge is -2.15. The molecule has 0 N–H and O–H groups in total. The number of aryl methyl sites for hydroxylation is 1. The summed E-state index contributed by atoms with van der Waals surface area (Å²) in [6.07, 6.45) is 0. The number of carbonyl (C=O) groups is 1. The molecule has 146 valence electrons. The van der Waals surface area contributed by atoms with Crippen LogP contribution in [0.5, 0.6) is 0 Å². The van der Waals surface area contributed by atoms with Crippen LogP contribution in [-0.4, -0.2) is 20.6 Å². The van der Waals surface area contributed by atoms with Crippen molar-refractivity contribution in [3.63, 3.8) is 0 Å². The van der Waals surface area contributed by atoms with Gasteiger partial charge in [-0.3, -0.25) is 14.2 Å². The van der Waals surface area contributed by atoms with Gasteiger partial charge < -0.3 is 0 Å². The topological polar surface area (TPSA) is 52.0 Å². The Morgan fingerprint density at radius 3 is 2.48 bits per heavy atom. The fraction of sp³-hybridized carbons (Fsp3) is 0.174. The first-order valence-corrected chi connectivity index (χ1v) is 11.0. The number of hydrogen-bond donors (Lipinski definition) is 0. The molecular formula is C23H20N2O2S2. The van der Waals surface area contributed by atoms with Crippen LogP contribution in [0.3, 0.4) is 0 Å². The number of Topliss-reactive ketones (excluding diaryl/α,β-unsaturated/α-hetero) is 1. The maximum Gasteiger partial charge on any atom is 0.267 e. The molecular weight excluding hydrogens is 400 g/mol. The summed E-state index contributed by atoms with van der Waals surface area (Å²) >= 11 is 2.82.